The number of rotatable bonds is 3. The molecule has 4 fully saturated rings. The number of carbonyl (C=O) groups is 2. The molecule has 0 spiro atoms. The van der Waals surface area contributed by atoms with Crippen LogP contribution in [0.3, 0.4) is 0 Å². The van der Waals surface area contributed by atoms with E-state index in [1.807, 2.05) is 9.80 Å². The van der Waals surface area contributed by atoms with E-state index in [1.165, 1.54) is 12.8 Å². The van der Waals surface area contributed by atoms with Crippen molar-refractivity contribution < 1.29 is 14.3 Å². The second kappa shape index (κ2) is 9.74. The Balaban J connectivity index is 0.00000131. The molecule has 2 saturated heterocycles. The molecule has 156 valence electrons. The quantitative estimate of drug-likeness (QED) is 0.702. The summed E-state index contributed by atoms with van der Waals surface area (Å²) < 4.78 is 5.30. The number of morpholine rings is 1. The van der Waals surface area contributed by atoms with Gasteiger partial charge in [-0.2, -0.15) is 0 Å². The van der Waals surface area contributed by atoms with Crippen LogP contribution in [-0.2, 0) is 14.3 Å². The van der Waals surface area contributed by atoms with E-state index in [0.29, 0.717) is 44.7 Å². The maximum Gasteiger partial charge on any atom is 0.236 e. The fraction of sp³-hybridized carbons (Fsp3) is 0.889. The average Bonchev–Trinajstić information content (AvgIpc) is 3.24. The summed E-state index contributed by atoms with van der Waals surface area (Å²) in [6.45, 7) is 6.10. The number of nitrogens with zero attached hydrogens (tertiary/aromatic N) is 3. The number of piperazine rings is 1. The third kappa shape index (κ3) is 4.70. The van der Waals surface area contributed by atoms with Crippen molar-refractivity contribution in [3.05, 3.63) is 0 Å². The highest BCUT2D eigenvalue weighted by molar-refractivity contribution is 5.85. The number of ether oxygens (including phenoxy) is 1. The number of fused-ring (bicyclic) bond motifs is 2. The van der Waals surface area contributed by atoms with Crippen molar-refractivity contribution in [3.63, 3.8) is 0 Å². The fourth-order valence-electron chi connectivity index (χ4n) is 5.14. The largest absolute Gasteiger partial charge is 0.378 e. The third-order valence-electron chi connectivity index (χ3n) is 6.67. The Bertz CT molecular complexity index is 523. The highest BCUT2D eigenvalue weighted by Crippen LogP contribution is 2.48. The molecule has 2 heterocycles. The van der Waals surface area contributed by atoms with Crippen LogP contribution in [0.25, 0.3) is 0 Å². The topological polar surface area (TPSA) is 79.1 Å². The first kappa shape index (κ1) is 22.7. The van der Waals surface area contributed by atoms with E-state index >= 15 is 0 Å². The average molecular weight is 423 g/mol. The second-order valence-corrected chi connectivity index (χ2v) is 8.03. The molecular weight excluding hydrogens is 391 g/mol. The molecule has 0 aromatic carbocycles. The van der Waals surface area contributed by atoms with Crippen molar-refractivity contribution in [2.24, 2.45) is 23.5 Å². The van der Waals surface area contributed by atoms with Crippen molar-refractivity contribution in [2.75, 3.05) is 59.0 Å². The number of amides is 2. The van der Waals surface area contributed by atoms with Gasteiger partial charge in [-0.05, 0) is 31.1 Å². The number of halogens is 2. The Labute approximate surface area is 173 Å². The van der Waals surface area contributed by atoms with Crippen LogP contribution in [0.2, 0.25) is 0 Å². The molecule has 0 radical (unpaired) electrons. The third-order valence-corrected chi connectivity index (χ3v) is 6.67. The van der Waals surface area contributed by atoms with Crippen molar-refractivity contribution in [2.45, 2.75) is 25.3 Å². The first-order valence-corrected chi connectivity index (χ1v) is 9.75. The monoisotopic (exact) mass is 422 g/mol. The Kier molecular flexibility index (Phi) is 8.19. The molecule has 27 heavy (non-hydrogen) atoms. The molecule has 4 rings (SSSR count). The van der Waals surface area contributed by atoms with Gasteiger partial charge in [-0.3, -0.25) is 14.5 Å². The molecule has 9 heteroatoms. The van der Waals surface area contributed by atoms with Crippen LogP contribution in [0.5, 0.6) is 0 Å². The van der Waals surface area contributed by atoms with E-state index in [4.69, 9.17) is 10.5 Å². The highest BCUT2D eigenvalue weighted by Gasteiger charge is 2.50. The fourth-order valence-corrected chi connectivity index (χ4v) is 5.14. The van der Waals surface area contributed by atoms with E-state index in [1.54, 1.807) is 0 Å². The summed E-state index contributed by atoms with van der Waals surface area (Å²) in [6, 6.07) is 0.0622. The van der Waals surface area contributed by atoms with Crippen LogP contribution in [-0.4, -0.2) is 91.6 Å². The molecule has 2 aliphatic carbocycles. The Hall–Kier alpha value is -0.600. The molecule has 2 amide bonds. The molecule has 4 aliphatic rings. The van der Waals surface area contributed by atoms with Gasteiger partial charge in [0, 0.05) is 45.3 Å². The van der Waals surface area contributed by atoms with Gasteiger partial charge in [-0.15, -0.1) is 24.8 Å². The Morgan fingerprint density at radius 3 is 2.11 bits per heavy atom. The van der Waals surface area contributed by atoms with Crippen molar-refractivity contribution in [3.8, 4) is 0 Å². The van der Waals surface area contributed by atoms with Crippen LogP contribution in [0.1, 0.15) is 19.3 Å². The minimum atomic E-state index is 0. The lowest BCUT2D eigenvalue weighted by molar-refractivity contribution is -0.141. The predicted molar refractivity (Wildman–Crippen MR) is 107 cm³/mol. The van der Waals surface area contributed by atoms with Gasteiger partial charge in [0.05, 0.1) is 25.7 Å². The normalized spacial score (nSPS) is 33.4. The zero-order valence-corrected chi connectivity index (χ0v) is 17.4. The van der Waals surface area contributed by atoms with Crippen LogP contribution in [0.15, 0.2) is 0 Å². The van der Waals surface area contributed by atoms with Crippen LogP contribution >= 0.6 is 24.8 Å². The second-order valence-electron chi connectivity index (χ2n) is 8.03. The van der Waals surface area contributed by atoms with Gasteiger partial charge in [0.1, 0.15) is 0 Å². The summed E-state index contributed by atoms with van der Waals surface area (Å²) in [4.78, 5) is 31.3. The van der Waals surface area contributed by atoms with Crippen LogP contribution < -0.4 is 5.73 Å². The Morgan fingerprint density at radius 1 is 0.889 bits per heavy atom. The van der Waals surface area contributed by atoms with E-state index in [2.05, 4.69) is 4.90 Å². The summed E-state index contributed by atoms with van der Waals surface area (Å²) in [5.41, 5.74) is 6.33. The lowest BCUT2D eigenvalue weighted by atomic mass is 9.84. The SMILES string of the molecule is Cl.Cl.NC1C2CCC(C2)C1C(=O)N1CCN(CC(=O)N2CCOCC2)CC1. The standard InChI is InChI=1S/C18H30N4O3.2ClH/c19-17-14-2-1-13(11-14)16(17)18(24)22-5-3-20(4-6-22)12-15(23)21-7-9-25-10-8-21;;/h13-14,16-17H,1-12,19H2;2*1H. The lowest BCUT2D eigenvalue weighted by Gasteiger charge is -2.39. The van der Waals surface area contributed by atoms with E-state index in [0.717, 1.165) is 32.6 Å². The van der Waals surface area contributed by atoms with E-state index in [-0.39, 0.29) is 48.6 Å². The Morgan fingerprint density at radius 2 is 1.52 bits per heavy atom. The van der Waals surface area contributed by atoms with Crippen molar-refractivity contribution in [1.29, 1.82) is 0 Å². The molecule has 0 aromatic heterocycles. The minimum Gasteiger partial charge on any atom is -0.378 e. The summed E-state index contributed by atoms with van der Waals surface area (Å²) in [6.07, 6.45) is 3.52. The van der Waals surface area contributed by atoms with Crippen molar-refractivity contribution >= 4 is 36.6 Å². The molecule has 4 unspecified atom stereocenters. The van der Waals surface area contributed by atoms with Gasteiger partial charge >= 0.3 is 0 Å². The number of carbonyl (C=O) groups excluding carboxylic acids is 2. The molecule has 7 nitrogen and oxygen atoms in total. The molecule has 4 atom stereocenters. The molecule has 2 N–H and O–H groups in total. The van der Waals surface area contributed by atoms with Gasteiger partial charge in [-0.25, -0.2) is 0 Å². The van der Waals surface area contributed by atoms with Gasteiger partial charge < -0.3 is 20.3 Å². The summed E-state index contributed by atoms with van der Waals surface area (Å²) in [5.74, 6) is 1.55. The van der Waals surface area contributed by atoms with Gasteiger partial charge in [0.15, 0.2) is 0 Å². The number of hydrogen-bond acceptors (Lipinski definition) is 5. The lowest BCUT2D eigenvalue weighted by Crippen LogP contribution is -2.55. The highest BCUT2D eigenvalue weighted by atomic mass is 35.5. The maximum atomic E-state index is 12.9. The first-order chi connectivity index (χ1) is 12.1. The molecule has 0 aromatic rings. The van der Waals surface area contributed by atoms with Crippen LogP contribution in [0, 0.1) is 17.8 Å². The molecular formula is C18H32Cl2N4O3. The van der Waals surface area contributed by atoms with Gasteiger partial charge in [0.25, 0.3) is 0 Å². The van der Waals surface area contributed by atoms with Crippen molar-refractivity contribution in [1.82, 2.24) is 14.7 Å². The zero-order chi connectivity index (χ0) is 17.4. The smallest absolute Gasteiger partial charge is 0.236 e. The summed E-state index contributed by atoms with van der Waals surface area (Å²) >= 11 is 0. The minimum absolute atomic E-state index is 0. The predicted octanol–water partition coefficient (Wildman–Crippen LogP) is 0.206. The molecule has 2 aliphatic heterocycles. The zero-order valence-electron chi connectivity index (χ0n) is 15.8. The van der Waals surface area contributed by atoms with E-state index < -0.39 is 0 Å². The number of nitrogens with two attached hydrogens (primary N) is 1. The molecule has 2 saturated carbocycles. The van der Waals surface area contributed by atoms with E-state index in [9.17, 15) is 9.59 Å². The maximum absolute atomic E-state index is 12.9. The summed E-state index contributed by atoms with van der Waals surface area (Å²) in [5, 5.41) is 0. The van der Waals surface area contributed by atoms with Crippen LogP contribution in [0.4, 0.5) is 0 Å². The molecule has 2 bridgehead atoms. The summed E-state index contributed by atoms with van der Waals surface area (Å²) in [7, 11) is 0. The number of hydrogen-bond donors (Lipinski definition) is 1. The van der Waals surface area contributed by atoms with Gasteiger partial charge in [0.2, 0.25) is 11.8 Å². The first-order valence-electron chi connectivity index (χ1n) is 9.75. The van der Waals surface area contributed by atoms with Gasteiger partial charge in [-0.1, -0.05) is 0 Å².